The summed E-state index contributed by atoms with van der Waals surface area (Å²) in [5, 5.41) is 7.21. The number of nitrogens with one attached hydrogen (secondary N) is 1. The largest absolute Gasteiger partial charge is 0.452 e. The van der Waals surface area contributed by atoms with E-state index in [1.54, 1.807) is 0 Å². The van der Waals surface area contributed by atoms with E-state index < -0.39 is 0 Å². The second kappa shape index (κ2) is 7.30. The summed E-state index contributed by atoms with van der Waals surface area (Å²) in [6.45, 7) is 0. The first kappa shape index (κ1) is 19.4. The van der Waals surface area contributed by atoms with Crippen LogP contribution >= 0.6 is 0 Å². The van der Waals surface area contributed by atoms with Gasteiger partial charge in [0.05, 0.1) is 5.69 Å². The van der Waals surface area contributed by atoms with Crippen molar-refractivity contribution < 1.29 is 4.42 Å². The third-order valence-corrected chi connectivity index (χ3v) is 7.26. The first-order valence-corrected chi connectivity index (χ1v) is 12.1. The minimum absolute atomic E-state index is 0.773. The molecule has 0 atom stereocenters. The van der Waals surface area contributed by atoms with Crippen LogP contribution in [0.1, 0.15) is 0 Å². The smallest absolute Gasteiger partial charge is 0.177 e. The fourth-order valence-corrected chi connectivity index (χ4v) is 5.58. The van der Waals surface area contributed by atoms with Crippen LogP contribution in [0.2, 0.25) is 0 Å². The number of pyridine rings is 1. The zero-order valence-corrected chi connectivity index (χ0v) is 19.3. The molecule has 2 aromatic heterocycles. The minimum Gasteiger partial charge on any atom is -0.452 e. The average molecular weight is 461 g/mol. The first-order chi connectivity index (χ1) is 17.8. The highest BCUT2D eigenvalue weighted by atomic mass is 16.3. The summed E-state index contributed by atoms with van der Waals surface area (Å²) in [4.78, 5) is 4.55. The first-order valence-electron chi connectivity index (χ1n) is 12.1. The summed E-state index contributed by atoms with van der Waals surface area (Å²) in [5.74, 6) is 0. The molecule has 0 saturated carbocycles. The van der Waals surface area contributed by atoms with Gasteiger partial charge in [0, 0.05) is 17.3 Å². The highest BCUT2D eigenvalue weighted by Gasteiger charge is 2.21. The predicted octanol–water partition coefficient (Wildman–Crippen LogP) is 9.19. The maximum Gasteiger partial charge on any atom is 0.177 e. The van der Waals surface area contributed by atoms with Gasteiger partial charge in [-0.1, -0.05) is 72.8 Å². The van der Waals surface area contributed by atoms with Crippen molar-refractivity contribution in [1.82, 2.24) is 4.98 Å². The standard InChI is InChI=1S/C33H20N2O/c1-2-10-30-27(7-1)32-33(36-30)29(17-18-34-32)35-23-14-11-20(12-15-23)22-13-16-24-25-8-3-5-21-6-4-9-26(31(21)25)28(24)19-22/h1-19H,(H,34,35). The van der Waals surface area contributed by atoms with E-state index in [1.807, 2.05) is 36.5 Å². The molecule has 1 aliphatic rings. The number of furan rings is 1. The van der Waals surface area contributed by atoms with Gasteiger partial charge in [-0.2, -0.15) is 0 Å². The van der Waals surface area contributed by atoms with Crippen molar-refractivity contribution in [3.63, 3.8) is 0 Å². The van der Waals surface area contributed by atoms with E-state index in [0.29, 0.717) is 0 Å². The number of aromatic nitrogens is 1. The number of hydrogen-bond acceptors (Lipinski definition) is 3. The van der Waals surface area contributed by atoms with Gasteiger partial charge in [0.25, 0.3) is 0 Å². The van der Waals surface area contributed by atoms with Gasteiger partial charge in [0.1, 0.15) is 11.1 Å². The predicted molar refractivity (Wildman–Crippen MR) is 149 cm³/mol. The van der Waals surface area contributed by atoms with Crippen molar-refractivity contribution in [3.05, 3.63) is 115 Å². The molecular formula is C33H20N2O. The molecule has 0 radical (unpaired) electrons. The Bertz CT molecular complexity index is 1960. The molecule has 1 N–H and O–H groups in total. The van der Waals surface area contributed by atoms with E-state index in [1.165, 1.54) is 44.2 Å². The molecule has 3 heteroatoms. The Labute approximate surface area is 207 Å². The van der Waals surface area contributed by atoms with E-state index in [9.17, 15) is 0 Å². The van der Waals surface area contributed by atoms with Crippen molar-refractivity contribution in [2.75, 3.05) is 5.32 Å². The van der Waals surface area contributed by atoms with Crippen molar-refractivity contribution in [3.8, 4) is 33.4 Å². The van der Waals surface area contributed by atoms with Crippen LogP contribution in [0.5, 0.6) is 0 Å². The van der Waals surface area contributed by atoms with Gasteiger partial charge in [-0.15, -0.1) is 0 Å². The lowest BCUT2D eigenvalue weighted by atomic mass is 9.97. The van der Waals surface area contributed by atoms with Crippen molar-refractivity contribution >= 4 is 44.2 Å². The van der Waals surface area contributed by atoms with Gasteiger partial charge in [0.15, 0.2) is 5.58 Å². The van der Waals surface area contributed by atoms with Crippen LogP contribution in [0.25, 0.3) is 66.2 Å². The third-order valence-electron chi connectivity index (χ3n) is 7.26. The average Bonchev–Trinajstić information content (AvgIpc) is 3.47. The molecule has 0 unspecified atom stereocenters. The van der Waals surface area contributed by atoms with Crippen LogP contribution < -0.4 is 5.32 Å². The minimum atomic E-state index is 0.773. The van der Waals surface area contributed by atoms with Crippen LogP contribution in [0.4, 0.5) is 11.4 Å². The molecule has 8 rings (SSSR count). The zero-order chi connectivity index (χ0) is 23.6. The Hall–Kier alpha value is -4.89. The lowest BCUT2D eigenvalue weighted by molar-refractivity contribution is 0.669. The number of benzene rings is 5. The highest BCUT2D eigenvalue weighted by Crippen LogP contribution is 2.48. The number of fused-ring (bicyclic) bond motifs is 6. The molecule has 0 spiro atoms. The quantitative estimate of drug-likeness (QED) is 0.286. The molecule has 7 aromatic rings. The van der Waals surface area contributed by atoms with Crippen molar-refractivity contribution in [2.24, 2.45) is 0 Å². The molecule has 0 aliphatic heterocycles. The molecular weight excluding hydrogens is 440 g/mol. The second-order valence-electron chi connectivity index (χ2n) is 9.31. The van der Waals surface area contributed by atoms with Gasteiger partial charge < -0.3 is 9.73 Å². The molecule has 0 fully saturated rings. The molecule has 1 aliphatic carbocycles. The number of para-hydroxylation sites is 1. The topological polar surface area (TPSA) is 38.1 Å². The third kappa shape index (κ3) is 2.77. The van der Waals surface area contributed by atoms with Gasteiger partial charge in [-0.3, -0.25) is 4.98 Å². The SMILES string of the molecule is c1cc2c3c(cccc3c1)-c1cc(-c3ccc(Nc4ccnc5c4oc4ccccc45)cc3)ccc1-2. The van der Waals surface area contributed by atoms with Crippen LogP contribution in [0.15, 0.2) is 120 Å². The molecule has 3 nitrogen and oxygen atoms in total. The van der Waals surface area contributed by atoms with E-state index in [4.69, 9.17) is 4.42 Å². The molecule has 2 heterocycles. The van der Waals surface area contributed by atoms with E-state index in [0.717, 1.165) is 33.4 Å². The Morgan fingerprint density at radius 3 is 2.25 bits per heavy atom. The van der Waals surface area contributed by atoms with Crippen LogP contribution in [-0.4, -0.2) is 4.98 Å². The number of nitrogens with zero attached hydrogens (tertiary/aromatic N) is 1. The summed E-state index contributed by atoms with van der Waals surface area (Å²) in [6, 6.07) is 38.5. The van der Waals surface area contributed by atoms with Crippen molar-refractivity contribution in [1.29, 1.82) is 0 Å². The molecule has 0 saturated heterocycles. The Balaban J connectivity index is 1.15. The van der Waals surface area contributed by atoms with Crippen LogP contribution in [0.3, 0.4) is 0 Å². The zero-order valence-electron chi connectivity index (χ0n) is 19.3. The molecule has 0 amide bonds. The number of hydrogen-bond donors (Lipinski definition) is 1. The summed E-state index contributed by atoms with van der Waals surface area (Å²) in [5.41, 5.74) is 12.1. The van der Waals surface area contributed by atoms with Gasteiger partial charge in [0.2, 0.25) is 0 Å². The molecule has 0 bridgehead atoms. The van der Waals surface area contributed by atoms with Gasteiger partial charge in [-0.25, -0.2) is 0 Å². The van der Waals surface area contributed by atoms with E-state index in [-0.39, 0.29) is 0 Å². The maximum atomic E-state index is 6.12. The lowest BCUT2D eigenvalue weighted by Crippen LogP contribution is -1.91. The highest BCUT2D eigenvalue weighted by molar-refractivity contribution is 6.15. The van der Waals surface area contributed by atoms with Gasteiger partial charge >= 0.3 is 0 Å². The number of rotatable bonds is 3. The maximum absolute atomic E-state index is 6.12. The fourth-order valence-electron chi connectivity index (χ4n) is 5.58. The van der Waals surface area contributed by atoms with Crippen molar-refractivity contribution in [2.45, 2.75) is 0 Å². The normalized spacial score (nSPS) is 11.9. The summed E-state index contributed by atoms with van der Waals surface area (Å²) >= 11 is 0. The van der Waals surface area contributed by atoms with E-state index in [2.05, 4.69) is 89.2 Å². The van der Waals surface area contributed by atoms with Gasteiger partial charge in [-0.05, 0) is 80.6 Å². The van der Waals surface area contributed by atoms with Crippen LogP contribution in [0, 0.1) is 0 Å². The number of anilines is 2. The lowest BCUT2D eigenvalue weighted by Gasteiger charge is -2.10. The summed E-state index contributed by atoms with van der Waals surface area (Å²) in [7, 11) is 0. The van der Waals surface area contributed by atoms with E-state index >= 15 is 0 Å². The molecule has 168 valence electrons. The molecule has 5 aromatic carbocycles. The summed E-state index contributed by atoms with van der Waals surface area (Å²) < 4.78 is 6.12. The Morgan fingerprint density at radius 2 is 1.39 bits per heavy atom. The summed E-state index contributed by atoms with van der Waals surface area (Å²) in [6.07, 6.45) is 1.82. The van der Waals surface area contributed by atoms with Crippen LogP contribution in [-0.2, 0) is 0 Å². The second-order valence-corrected chi connectivity index (χ2v) is 9.31. The monoisotopic (exact) mass is 460 g/mol. The molecule has 36 heavy (non-hydrogen) atoms. The Morgan fingerprint density at radius 1 is 0.611 bits per heavy atom. The fraction of sp³-hybridized carbons (Fsp3) is 0. The Kier molecular flexibility index (Phi) is 3.94.